The third-order valence-corrected chi connectivity index (χ3v) is 4.41. The molecule has 1 aromatic carbocycles. The zero-order valence-electron chi connectivity index (χ0n) is 11.9. The summed E-state index contributed by atoms with van der Waals surface area (Å²) >= 11 is 4.51. The van der Waals surface area contributed by atoms with Gasteiger partial charge in [0.2, 0.25) is 0 Å². The Balaban J connectivity index is 2.40. The van der Waals surface area contributed by atoms with Crippen molar-refractivity contribution >= 4 is 12.6 Å². The molecule has 1 aliphatic rings. The number of hydrogen-bond acceptors (Lipinski definition) is 4. The maximum Gasteiger partial charge on any atom is 0.122 e. The number of likely N-dealkylation sites (N-methyl/N-ethyl adjacent to an activating group) is 1. The molecule has 1 N–H and O–H groups in total. The van der Waals surface area contributed by atoms with Crippen molar-refractivity contribution in [3.05, 3.63) is 23.3 Å². The van der Waals surface area contributed by atoms with Crippen LogP contribution in [0.4, 0.5) is 0 Å². The Morgan fingerprint density at radius 3 is 2.21 bits per heavy atom. The Bertz CT molecular complexity index is 436. The fourth-order valence-corrected chi connectivity index (χ4v) is 3.35. The summed E-state index contributed by atoms with van der Waals surface area (Å²) in [5.74, 6) is 3.36. The van der Waals surface area contributed by atoms with Crippen molar-refractivity contribution in [1.82, 2.24) is 5.32 Å². The number of hydrogen-bond donors (Lipinski definition) is 2. The molecule has 1 aromatic rings. The highest BCUT2D eigenvalue weighted by Crippen LogP contribution is 2.38. The van der Waals surface area contributed by atoms with Gasteiger partial charge in [0, 0.05) is 17.2 Å². The monoisotopic (exact) mass is 281 g/mol. The van der Waals surface area contributed by atoms with Gasteiger partial charge in [0.05, 0.1) is 14.2 Å². The summed E-state index contributed by atoms with van der Waals surface area (Å²) in [5, 5.41) is 3.57. The number of methoxy groups -OCH3 is 2. The van der Waals surface area contributed by atoms with Gasteiger partial charge < -0.3 is 14.8 Å². The molecule has 3 nitrogen and oxygen atoms in total. The Kier molecular flexibility index (Phi) is 4.99. The quantitative estimate of drug-likeness (QED) is 0.812. The summed E-state index contributed by atoms with van der Waals surface area (Å²) in [4.78, 5) is 0. The lowest BCUT2D eigenvalue weighted by molar-refractivity contribution is 0.336. The Morgan fingerprint density at radius 1 is 1.16 bits per heavy atom. The summed E-state index contributed by atoms with van der Waals surface area (Å²) in [5.41, 5.74) is 2.57. The topological polar surface area (TPSA) is 30.5 Å². The van der Waals surface area contributed by atoms with Crippen LogP contribution in [-0.2, 0) is 12.8 Å². The molecule has 0 amide bonds. The molecule has 0 aromatic heterocycles. The molecule has 0 heterocycles. The van der Waals surface area contributed by atoms with E-state index >= 15 is 0 Å². The van der Waals surface area contributed by atoms with Gasteiger partial charge in [0.1, 0.15) is 11.5 Å². The molecule has 2 unspecified atom stereocenters. The molecular formula is C15H23NO2S. The Labute approximate surface area is 121 Å². The van der Waals surface area contributed by atoms with Gasteiger partial charge in [-0.05, 0) is 43.2 Å². The molecule has 2 atom stereocenters. The lowest BCUT2D eigenvalue weighted by atomic mass is 9.80. The van der Waals surface area contributed by atoms with Crippen molar-refractivity contribution in [2.75, 3.05) is 26.5 Å². The maximum absolute atomic E-state index is 5.51. The van der Waals surface area contributed by atoms with Crippen LogP contribution in [0.25, 0.3) is 0 Å². The van der Waals surface area contributed by atoms with E-state index in [2.05, 4.69) is 24.9 Å². The second-order valence-corrected chi connectivity index (χ2v) is 5.31. The summed E-state index contributed by atoms with van der Waals surface area (Å²) < 4.78 is 11.0. The third kappa shape index (κ3) is 2.84. The molecule has 106 valence electrons. The van der Waals surface area contributed by atoms with Crippen LogP contribution in [0, 0.1) is 5.92 Å². The average Bonchev–Trinajstić information content (AvgIpc) is 2.45. The van der Waals surface area contributed by atoms with E-state index in [1.54, 1.807) is 14.2 Å². The van der Waals surface area contributed by atoms with Crippen LogP contribution in [0.1, 0.15) is 18.1 Å². The number of ether oxygens (including phenoxy) is 2. The Morgan fingerprint density at radius 2 is 1.74 bits per heavy atom. The standard InChI is InChI=1S/C15H23NO2S/c1-4-16-13-8-12-11(7-10(13)9-19)14(17-2)5-6-15(12)18-3/h5-6,10,13,16,19H,4,7-9H2,1-3H3. The predicted molar refractivity (Wildman–Crippen MR) is 81.8 cm³/mol. The van der Waals surface area contributed by atoms with Crippen LogP contribution >= 0.6 is 12.6 Å². The minimum Gasteiger partial charge on any atom is -0.496 e. The number of thiol groups is 1. The van der Waals surface area contributed by atoms with Gasteiger partial charge in [-0.25, -0.2) is 0 Å². The van der Waals surface area contributed by atoms with Gasteiger partial charge >= 0.3 is 0 Å². The highest BCUT2D eigenvalue weighted by molar-refractivity contribution is 7.80. The van der Waals surface area contributed by atoms with Crippen LogP contribution in [-0.4, -0.2) is 32.6 Å². The molecule has 0 bridgehead atoms. The highest BCUT2D eigenvalue weighted by atomic mass is 32.1. The van der Waals surface area contributed by atoms with Crippen LogP contribution in [0.15, 0.2) is 12.1 Å². The number of benzene rings is 1. The highest BCUT2D eigenvalue weighted by Gasteiger charge is 2.30. The van der Waals surface area contributed by atoms with E-state index in [1.165, 1.54) is 11.1 Å². The lowest BCUT2D eigenvalue weighted by Crippen LogP contribution is -2.43. The number of fused-ring (bicyclic) bond motifs is 1. The third-order valence-electron chi connectivity index (χ3n) is 3.95. The van der Waals surface area contributed by atoms with Crippen LogP contribution in [0.2, 0.25) is 0 Å². The second kappa shape index (κ2) is 6.53. The molecular weight excluding hydrogens is 258 g/mol. The summed E-state index contributed by atoms with van der Waals surface area (Å²) in [6.07, 6.45) is 1.98. The largest absolute Gasteiger partial charge is 0.496 e. The molecule has 0 spiro atoms. The second-order valence-electron chi connectivity index (χ2n) is 4.94. The average molecular weight is 281 g/mol. The van der Waals surface area contributed by atoms with Crippen molar-refractivity contribution < 1.29 is 9.47 Å². The molecule has 4 heteroatoms. The van der Waals surface area contributed by atoms with Crippen molar-refractivity contribution in [3.8, 4) is 11.5 Å². The zero-order valence-corrected chi connectivity index (χ0v) is 12.8. The SMILES string of the molecule is CCNC1Cc2c(OC)ccc(OC)c2CC1CS. The first-order valence-electron chi connectivity index (χ1n) is 6.82. The van der Waals surface area contributed by atoms with Crippen LogP contribution in [0.3, 0.4) is 0 Å². The summed E-state index contributed by atoms with van der Waals surface area (Å²) in [6.45, 7) is 3.13. The van der Waals surface area contributed by atoms with Gasteiger partial charge in [0.25, 0.3) is 0 Å². The summed E-state index contributed by atoms with van der Waals surface area (Å²) in [7, 11) is 3.46. The normalized spacial score (nSPS) is 21.9. The minimum atomic E-state index is 0.469. The van der Waals surface area contributed by atoms with Gasteiger partial charge in [-0.1, -0.05) is 6.92 Å². The van der Waals surface area contributed by atoms with Crippen molar-refractivity contribution in [3.63, 3.8) is 0 Å². The van der Waals surface area contributed by atoms with Gasteiger partial charge in [-0.2, -0.15) is 12.6 Å². The first-order chi connectivity index (χ1) is 9.24. The zero-order chi connectivity index (χ0) is 13.8. The van der Waals surface area contributed by atoms with Gasteiger partial charge in [-0.3, -0.25) is 0 Å². The fraction of sp³-hybridized carbons (Fsp3) is 0.600. The molecule has 0 aliphatic heterocycles. The van der Waals surface area contributed by atoms with E-state index in [0.29, 0.717) is 12.0 Å². The molecule has 0 saturated heterocycles. The van der Waals surface area contributed by atoms with E-state index in [1.807, 2.05) is 12.1 Å². The smallest absolute Gasteiger partial charge is 0.122 e. The van der Waals surface area contributed by atoms with E-state index in [4.69, 9.17) is 9.47 Å². The molecule has 0 saturated carbocycles. The van der Waals surface area contributed by atoms with E-state index in [0.717, 1.165) is 36.6 Å². The first kappa shape index (κ1) is 14.5. The maximum atomic E-state index is 5.51. The van der Waals surface area contributed by atoms with E-state index in [-0.39, 0.29) is 0 Å². The molecule has 1 aliphatic carbocycles. The molecule has 2 rings (SSSR count). The van der Waals surface area contributed by atoms with Gasteiger partial charge in [-0.15, -0.1) is 0 Å². The minimum absolute atomic E-state index is 0.469. The Hall–Kier alpha value is -0.870. The van der Waals surface area contributed by atoms with E-state index < -0.39 is 0 Å². The number of nitrogens with one attached hydrogen (secondary N) is 1. The van der Waals surface area contributed by atoms with E-state index in [9.17, 15) is 0 Å². The van der Waals surface area contributed by atoms with Crippen molar-refractivity contribution in [2.45, 2.75) is 25.8 Å². The molecule has 0 radical (unpaired) electrons. The predicted octanol–water partition coefficient (Wildman–Crippen LogP) is 2.33. The van der Waals surface area contributed by atoms with Gasteiger partial charge in [0.15, 0.2) is 0 Å². The van der Waals surface area contributed by atoms with Crippen molar-refractivity contribution in [1.29, 1.82) is 0 Å². The number of rotatable bonds is 5. The lowest BCUT2D eigenvalue weighted by Gasteiger charge is -2.34. The fourth-order valence-electron chi connectivity index (χ4n) is 2.96. The van der Waals surface area contributed by atoms with Crippen LogP contribution in [0.5, 0.6) is 11.5 Å². The summed E-state index contributed by atoms with van der Waals surface area (Å²) in [6, 6.07) is 4.47. The van der Waals surface area contributed by atoms with Crippen molar-refractivity contribution in [2.24, 2.45) is 5.92 Å². The first-order valence-corrected chi connectivity index (χ1v) is 7.45. The molecule has 0 fully saturated rings. The molecule has 19 heavy (non-hydrogen) atoms. The van der Waals surface area contributed by atoms with Crippen LogP contribution < -0.4 is 14.8 Å².